The van der Waals surface area contributed by atoms with E-state index >= 15 is 0 Å². The van der Waals surface area contributed by atoms with Crippen molar-refractivity contribution in [1.29, 1.82) is 0 Å². The van der Waals surface area contributed by atoms with Crippen molar-refractivity contribution in [2.24, 2.45) is 0 Å². The molecule has 4 heteroatoms. The molecule has 2 N–H and O–H groups in total. The third kappa shape index (κ3) is 4.64. The lowest BCUT2D eigenvalue weighted by Gasteiger charge is -2.16. The van der Waals surface area contributed by atoms with Gasteiger partial charge in [-0.1, -0.05) is 0 Å². The summed E-state index contributed by atoms with van der Waals surface area (Å²) in [5.41, 5.74) is 0. The molecule has 2 atom stereocenters. The van der Waals surface area contributed by atoms with E-state index in [4.69, 9.17) is 4.74 Å². The Bertz CT molecular complexity index is 232. The van der Waals surface area contributed by atoms with Crippen molar-refractivity contribution in [2.45, 2.75) is 57.1 Å². The fourth-order valence-corrected chi connectivity index (χ4v) is 2.63. The first-order valence-corrected chi connectivity index (χ1v) is 6.96. The SMILES string of the molecule is O=C(CCC1CCCO1)NC1CCCNCC1. The average Bonchev–Trinajstić information content (AvgIpc) is 2.72. The number of ether oxygens (including phenoxy) is 1. The molecule has 0 saturated carbocycles. The van der Waals surface area contributed by atoms with Crippen LogP contribution in [-0.2, 0) is 9.53 Å². The van der Waals surface area contributed by atoms with Crippen LogP contribution in [0.4, 0.5) is 0 Å². The number of hydrogen-bond donors (Lipinski definition) is 2. The first-order valence-electron chi connectivity index (χ1n) is 6.96. The molecule has 0 aromatic rings. The molecule has 2 fully saturated rings. The summed E-state index contributed by atoms with van der Waals surface area (Å²) in [6.07, 6.45) is 7.45. The van der Waals surface area contributed by atoms with Gasteiger partial charge in [0.15, 0.2) is 0 Å². The Kier molecular flexibility index (Phi) is 5.26. The van der Waals surface area contributed by atoms with Gasteiger partial charge in [0.2, 0.25) is 5.91 Å². The fourth-order valence-electron chi connectivity index (χ4n) is 2.63. The third-order valence-electron chi connectivity index (χ3n) is 3.66. The molecule has 2 unspecified atom stereocenters. The summed E-state index contributed by atoms with van der Waals surface area (Å²) in [6, 6.07) is 0.377. The summed E-state index contributed by atoms with van der Waals surface area (Å²) in [6.45, 7) is 2.99. The van der Waals surface area contributed by atoms with E-state index in [1.54, 1.807) is 0 Å². The summed E-state index contributed by atoms with van der Waals surface area (Å²) in [5.74, 6) is 0.201. The molecule has 0 aromatic heterocycles. The maximum Gasteiger partial charge on any atom is 0.220 e. The van der Waals surface area contributed by atoms with E-state index in [1.165, 1.54) is 0 Å². The zero-order valence-electron chi connectivity index (χ0n) is 10.5. The van der Waals surface area contributed by atoms with Crippen molar-refractivity contribution in [3.05, 3.63) is 0 Å². The topological polar surface area (TPSA) is 50.4 Å². The van der Waals surface area contributed by atoms with E-state index in [-0.39, 0.29) is 5.91 Å². The van der Waals surface area contributed by atoms with Crippen molar-refractivity contribution < 1.29 is 9.53 Å². The predicted octanol–water partition coefficient (Wildman–Crippen LogP) is 1.20. The maximum atomic E-state index is 11.8. The lowest BCUT2D eigenvalue weighted by molar-refractivity contribution is -0.122. The van der Waals surface area contributed by atoms with Crippen LogP contribution in [0.5, 0.6) is 0 Å². The molecule has 1 amide bonds. The molecule has 2 rings (SSSR count). The van der Waals surface area contributed by atoms with Gasteiger partial charge in [-0.25, -0.2) is 0 Å². The van der Waals surface area contributed by atoms with Gasteiger partial charge in [0.25, 0.3) is 0 Å². The van der Waals surface area contributed by atoms with Crippen molar-refractivity contribution in [2.75, 3.05) is 19.7 Å². The van der Waals surface area contributed by atoms with Crippen molar-refractivity contribution in [3.8, 4) is 0 Å². The molecule has 2 heterocycles. The standard InChI is InChI=1S/C13H24N2O2/c16-13(6-5-12-4-2-10-17-12)15-11-3-1-8-14-9-7-11/h11-12,14H,1-10H2,(H,15,16). The Morgan fingerprint density at radius 3 is 3.00 bits per heavy atom. The number of hydrogen-bond acceptors (Lipinski definition) is 3. The van der Waals surface area contributed by atoms with Crippen LogP contribution in [0.25, 0.3) is 0 Å². The highest BCUT2D eigenvalue weighted by atomic mass is 16.5. The van der Waals surface area contributed by atoms with Gasteiger partial charge in [-0.05, 0) is 51.6 Å². The maximum absolute atomic E-state index is 11.8. The van der Waals surface area contributed by atoms with Gasteiger partial charge in [-0.15, -0.1) is 0 Å². The van der Waals surface area contributed by atoms with E-state index in [9.17, 15) is 4.79 Å². The van der Waals surface area contributed by atoms with E-state index in [1.807, 2.05) is 0 Å². The molecule has 98 valence electrons. The minimum absolute atomic E-state index is 0.201. The number of carbonyl (C=O) groups is 1. The lowest BCUT2D eigenvalue weighted by Crippen LogP contribution is -2.35. The number of amides is 1. The highest BCUT2D eigenvalue weighted by Gasteiger charge is 2.18. The largest absolute Gasteiger partial charge is 0.378 e. The molecule has 17 heavy (non-hydrogen) atoms. The Balaban J connectivity index is 1.61. The van der Waals surface area contributed by atoms with Crippen LogP contribution < -0.4 is 10.6 Å². The molecule has 4 nitrogen and oxygen atoms in total. The second-order valence-electron chi connectivity index (χ2n) is 5.12. The zero-order valence-corrected chi connectivity index (χ0v) is 10.5. The minimum Gasteiger partial charge on any atom is -0.378 e. The molecular weight excluding hydrogens is 216 g/mol. The Morgan fingerprint density at radius 1 is 1.24 bits per heavy atom. The average molecular weight is 240 g/mol. The highest BCUT2D eigenvalue weighted by Crippen LogP contribution is 2.16. The molecule has 0 spiro atoms. The lowest BCUT2D eigenvalue weighted by atomic mass is 10.1. The molecule has 0 aromatic carbocycles. The minimum atomic E-state index is 0.201. The monoisotopic (exact) mass is 240 g/mol. The van der Waals surface area contributed by atoms with Crippen molar-refractivity contribution in [1.82, 2.24) is 10.6 Å². The van der Waals surface area contributed by atoms with Gasteiger partial charge in [0, 0.05) is 19.1 Å². The summed E-state index contributed by atoms with van der Waals surface area (Å²) in [5, 5.41) is 6.50. The predicted molar refractivity (Wildman–Crippen MR) is 66.9 cm³/mol. The van der Waals surface area contributed by atoms with Gasteiger partial charge in [-0.2, -0.15) is 0 Å². The van der Waals surface area contributed by atoms with Crippen LogP contribution in [0.15, 0.2) is 0 Å². The Labute approximate surface area is 103 Å². The van der Waals surface area contributed by atoms with Gasteiger partial charge >= 0.3 is 0 Å². The van der Waals surface area contributed by atoms with Crippen LogP contribution >= 0.6 is 0 Å². The summed E-state index contributed by atoms with van der Waals surface area (Å²) < 4.78 is 5.52. The summed E-state index contributed by atoms with van der Waals surface area (Å²) in [4.78, 5) is 11.8. The Hall–Kier alpha value is -0.610. The quantitative estimate of drug-likeness (QED) is 0.776. The number of rotatable bonds is 4. The van der Waals surface area contributed by atoms with E-state index in [0.29, 0.717) is 18.6 Å². The summed E-state index contributed by atoms with van der Waals surface area (Å²) in [7, 11) is 0. The van der Waals surface area contributed by atoms with Gasteiger partial charge in [-0.3, -0.25) is 4.79 Å². The number of nitrogens with one attached hydrogen (secondary N) is 2. The molecule has 0 bridgehead atoms. The zero-order chi connectivity index (χ0) is 11.9. The normalized spacial score (nSPS) is 29.9. The van der Waals surface area contributed by atoms with E-state index in [0.717, 1.165) is 58.2 Å². The van der Waals surface area contributed by atoms with E-state index in [2.05, 4.69) is 10.6 Å². The second-order valence-corrected chi connectivity index (χ2v) is 5.12. The molecule has 2 aliphatic rings. The molecule has 0 aliphatic carbocycles. The van der Waals surface area contributed by atoms with Gasteiger partial charge in [0.05, 0.1) is 6.10 Å². The van der Waals surface area contributed by atoms with Crippen LogP contribution in [0, 0.1) is 0 Å². The van der Waals surface area contributed by atoms with Crippen LogP contribution in [0.3, 0.4) is 0 Å². The van der Waals surface area contributed by atoms with Crippen LogP contribution in [0.2, 0.25) is 0 Å². The van der Waals surface area contributed by atoms with Crippen molar-refractivity contribution in [3.63, 3.8) is 0 Å². The fraction of sp³-hybridized carbons (Fsp3) is 0.923. The highest BCUT2D eigenvalue weighted by molar-refractivity contribution is 5.76. The van der Waals surface area contributed by atoms with Crippen LogP contribution in [-0.4, -0.2) is 37.7 Å². The third-order valence-corrected chi connectivity index (χ3v) is 3.66. The second kappa shape index (κ2) is 6.97. The molecule has 0 radical (unpaired) electrons. The first-order chi connectivity index (χ1) is 8.34. The smallest absolute Gasteiger partial charge is 0.220 e. The first kappa shape index (κ1) is 12.8. The van der Waals surface area contributed by atoms with E-state index < -0.39 is 0 Å². The van der Waals surface area contributed by atoms with Gasteiger partial charge in [0.1, 0.15) is 0 Å². The number of carbonyl (C=O) groups excluding carboxylic acids is 1. The molecule has 2 aliphatic heterocycles. The summed E-state index contributed by atoms with van der Waals surface area (Å²) >= 11 is 0. The molecular formula is C13H24N2O2. The molecule has 2 saturated heterocycles. The Morgan fingerprint density at radius 2 is 2.18 bits per heavy atom. The van der Waals surface area contributed by atoms with Crippen molar-refractivity contribution >= 4 is 5.91 Å². The van der Waals surface area contributed by atoms with Gasteiger partial charge < -0.3 is 15.4 Å². The van der Waals surface area contributed by atoms with Crippen LogP contribution in [0.1, 0.15) is 44.9 Å².